The smallest absolute Gasteiger partial charge is 0.251 e. The van der Waals surface area contributed by atoms with Crippen LogP contribution in [0.4, 0.5) is 17.1 Å². The standard InChI is InChI=1S/C41H46N4O5S/c1-4-42(5-2)29-15-17-30(18-16-29)44-25-11-23-41-36(39(48)45(37(41)40(44)49)32(27-46)26-28-12-8-7-9-13-28)35-34(51-41)14-10-24-43(38(35)47)31-19-21-33(22-20-31)50-6-3/h7-23,32,34-37,46H,4-6,24-27H2,1-3H3/t32-,34+,35-,36+,37?,41+/m1/s1. The van der Waals surface area contributed by atoms with Gasteiger partial charge in [-0.15, -0.1) is 11.8 Å². The summed E-state index contributed by atoms with van der Waals surface area (Å²) in [6, 6.07) is 23.6. The lowest BCUT2D eigenvalue weighted by molar-refractivity contribution is -0.141. The molecule has 1 spiro atoms. The normalized spacial score (nSPS) is 26.0. The highest BCUT2D eigenvalue weighted by Crippen LogP contribution is 2.61. The van der Waals surface area contributed by atoms with Gasteiger partial charge in [0.25, 0.3) is 5.91 Å². The van der Waals surface area contributed by atoms with Gasteiger partial charge in [-0.05, 0) is 81.3 Å². The average Bonchev–Trinajstić information content (AvgIpc) is 3.47. The number of aliphatic hydroxyl groups is 1. The summed E-state index contributed by atoms with van der Waals surface area (Å²) in [7, 11) is 0. The molecule has 0 saturated carbocycles. The van der Waals surface area contributed by atoms with Crippen molar-refractivity contribution < 1.29 is 24.2 Å². The van der Waals surface area contributed by atoms with Crippen LogP contribution >= 0.6 is 11.8 Å². The van der Waals surface area contributed by atoms with Crippen molar-refractivity contribution >= 4 is 46.5 Å². The first-order valence-electron chi connectivity index (χ1n) is 18.0. The van der Waals surface area contributed by atoms with Crippen LogP contribution in [0.3, 0.4) is 0 Å². The fourth-order valence-corrected chi connectivity index (χ4v) is 10.4. The number of carbonyl (C=O) groups is 3. The third kappa shape index (κ3) is 6.12. The Kier molecular flexibility index (Phi) is 9.99. The summed E-state index contributed by atoms with van der Waals surface area (Å²) >= 11 is 1.55. The van der Waals surface area contributed by atoms with Crippen molar-refractivity contribution in [3.63, 3.8) is 0 Å². The van der Waals surface area contributed by atoms with Gasteiger partial charge in [0.2, 0.25) is 11.8 Å². The van der Waals surface area contributed by atoms with Gasteiger partial charge in [0.15, 0.2) is 0 Å². The van der Waals surface area contributed by atoms with Gasteiger partial charge in [0, 0.05) is 48.5 Å². The van der Waals surface area contributed by atoms with E-state index in [0.29, 0.717) is 26.1 Å². The SMILES string of the molecule is CCOc1ccc(N2CC=C[C@@H]3S[C@]45C=CCN(c6ccc(N(CC)CC)cc6)C(=O)C4N([C@@H](CO)Cc4ccccc4)C(=O)[C@@H]5[C@@H]3C2=O)cc1. The number of anilines is 3. The Morgan fingerprint density at radius 2 is 1.49 bits per heavy atom. The molecule has 0 aliphatic carbocycles. The topological polar surface area (TPSA) is 93.6 Å². The van der Waals surface area contributed by atoms with Crippen molar-refractivity contribution in [1.82, 2.24) is 4.90 Å². The second-order valence-electron chi connectivity index (χ2n) is 13.5. The van der Waals surface area contributed by atoms with Crippen molar-refractivity contribution in [2.75, 3.05) is 54.1 Å². The maximum atomic E-state index is 15.1. The van der Waals surface area contributed by atoms with Crippen molar-refractivity contribution in [2.24, 2.45) is 11.8 Å². The van der Waals surface area contributed by atoms with Crippen molar-refractivity contribution in [3.05, 3.63) is 109 Å². The molecule has 266 valence electrons. The Morgan fingerprint density at radius 1 is 0.843 bits per heavy atom. The fraction of sp³-hybridized carbons (Fsp3) is 0.390. The van der Waals surface area contributed by atoms with E-state index in [1.165, 1.54) is 0 Å². The van der Waals surface area contributed by atoms with Gasteiger partial charge in [-0.3, -0.25) is 14.4 Å². The average molecular weight is 707 g/mol. The number of likely N-dealkylation sites (tertiary alicyclic amines) is 1. The lowest BCUT2D eigenvalue weighted by atomic mass is 9.78. The third-order valence-corrected chi connectivity index (χ3v) is 12.5. The highest BCUT2D eigenvalue weighted by atomic mass is 32.2. The fourth-order valence-electron chi connectivity index (χ4n) is 8.39. The molecule has 0 radical (unpaired) electrons. The van der Waals surface area contributed by atoms with Gasteiger partial charge < -0.3 is 29.4 Å². The molecule has 7 rings (SSSR count). The number of benzene rings is 3. The van der Waals surface area contributed by atoms with E-state index in [4.69, 9.17) is 4.74 Å². The summed E-state index contributed by atoms with van der Waals surface area (Å²) in [5, 5.41) is 10.6. The Labute approximate surface area is 304 Å². The summed E-state index contributed by atoms with van der Waals surface area (Å²) in [5.41, 5.74) is 3.50. The van der Waals surface area contributed by atoms with E-state index in [-0.39, 0.29) is 29.6 Å². The Morgan fingerprint density at radius 3 is 2.14 bits per heavy atom. The molecule has 6 atom stereocenters. The molecule has 10 heteroatoms. The predicted octanol–water partition coefficient (Wildman–Crippen LogP) is 5.34. The van der Waals surface area contributed by atoms with Crippen LogP contribution in [-0.4, -0.2) is 89.2 Å². The van der Waals surface area contributed by atoms with Gasteiger partial charge >= 0.3 is 0 Å². The molecule has 4 heterocycles. The van der Waals surface area contributed by atoms with Crippen LogP contribution in [0.1, 0.15) is 26.3 Å². The van der Waals surface area contributed by atoms with Gasteiger partial charge in [-0.25, -0.2) is 0 Å². The van der Waals surface area contributed by atoms with Gasteiger partial charge in [0.1, 0.15) is 11.8 Å². The van der Waals surface area contributed by atoms with Crippen molar-refractivity contribution in [3.8, 4) is 5.75 Å². The van der Waals surface area contributed by atoms with E-state index in [1.807, 2.05) is 110 Å². The second-order valence-corrected chi connectivity index (χ2v) is 14.9. The summed E-state index contributed by atoms with van der Waals surface area (Å²) in [5.74, 6) is -1.39. The van der Waals surface area contributed by atoms with Gasteiger partial charge in [-0.1, -0.05) is 54.6 Å². The van der Waals surface area contributed by atoms with Gasteiger partial charge in [0.05, 0.1) is 35.8 Å². The minimum Gasteiger partial charge on any atom is -0.494 e. The zero-order valence-electron chi connectivity index (χ0n) is 29.4. The maximum absolute atomic E-state index is 15.1. The Hall–Kier alpha value is -4.54. The van der Waals surface area contributed by atoms with Crippen LogP contribution in [0.5, 0.6) is 5.75 Å². The molecule has 51 heavy (non-hydrogen) atoms. The Bertz CT molecular complexity index is 1790. The number of amides is 3. The van der Waals surface area contributed by atoms with Crippen LogP contribution in [0.2, 0.25) is 0 Å². The third-order valence-electron chi connectivity index (χ3n) is 10.8. The minimum atomic E-state index is -1.01. The quantitative estimate of drug-likeness (QED) is 0.269. The van der Waals surface area contributed by atoms with E-state index in [1.54, 1.807) is 26.5 Å². The molecule has 1 N–H and O–H groups in total. The van der Waals surface area contributed by atoms with Crippen molar-refractivity contribution in [2.45, 2.75) is 49.3 Å². The monoisotopic (exact) mass is 706 g/mol. The van der Waals surface area contributed by atoms with E-state index in [2.05, 4.69) is 18.7 Å². The zero-order valence-corrected chi connectivity index (χ0v) is 30.2. The highest BCUT2D eigenvalue weighted by molar-refractivity contribution is 8.02. The Balaban J connectivity index is 1.29. The largest absolute Gasteiger partial charge is 0.494 e. The molecule has 2 saturated heterocycles. The first kappa shape index (κ1) is 34.9. The van der Waals surface area contributed by atoms with Crippen molar-refractivity contribution in [1.29, 1.82) is 0 Å². The molecule has 3 aromatic carbocycles. The van der Waals surface area contributed by atoms with Gasteiger partial charge in [-0.2, -0.15) is 0 Å². The van der Waals surface area contributed by atoms with Crippen LogP contribution in [0.15, 0.2) is 103 Å². The number of hydrogen-bond acceptors (Lipinski definition) is 7. The number of thioether (sulfide) groups is 1. The van der Waals surface area contributed by atoms with E-state index < -0.39 is 28.7 Å². The summed E-state index contributed by atoms with van der Waals surface area (Å²) < 4.78 is 4.63. The number of fused-ring (bicyclic) bond motifs is 2. The number of carbonyl (C=O) groups excluding carboxylic acids is 3. The zero-order chi connectivity index (χ0) is 35.7. The number of rotatable bonds is 11. The number of nitrogens with zero attached hydrogens (tertiary/aromatic N) is 4. The molecule has 2 fully saturated rings. The molecule has 3 amide bonds. The highest BCUT2D eigenvalue weighted by Gasteiger charge is 2.71. The predicted molar refractivity (Wildman–Crippen MR) is 203 cm³/mol. The number of hydrogen-bond donors (Lipinski definition) is 1. The van der Waals surface area contributed by atoms with Crippen LogP contribution in [0, 0.1) is 11.8 Å². The minimum absolute atomic E-state index is 0.143. The molecule has 3 aromatic rings. The molecule has 4 aliphatic heterocycles. The molecule has 9 nitrogen and oxygen atoms in total. The van der Waals surface area contributed by atoms with E-state index in [9.17, 15) is 9.90 Å². The maximum Gasteiger partial charge on any atom is 0.251 e. The van der Waals surface area contributed by atoms with E-state index >= 15 is 9.59 Å². The summed E-state index contributed by atoms with van der Waals surface area (Å²) in [4.78, 5) is 52.3. The molecular weight excluding hydrogens is 661 g/mol. The first-order valence-corrected chi connectivity index (χ1v) is 18.9. The van der Waals surface area contributed by atoms with Crippen LogP contribution < -0.4 is 19.4 Å². The molecular formula is C41H46N4O5S. The summed E-state index contributed by atoms with van der Waals surface area (Å²) in [6.45, 7) is 8.83. The molecule has 0 aromatic heterocycles. The summed E-state index contributed by atoms with van der Waals surface area (Å²) in [6.07, 6.45) is 8.44. The first-order chi connectivity index (χ1) is 24.8. The molecule has 4 aliphatic rings. The number of aliphatic hydroxyl groups excluding tert-OH is 1. The lowest BCUT2D eigenvalue weighted by Gasteiger charge is -2.38. The number of ether oxygens (including phenoxy) is 1. The van der Waals surface area contributed by atoms with E-state index in [0.717, 1.165) is 41.5 Å². The molecule has 1 unspecified atom stereocenters. The van der Waals surface area contributed by atoms with Crippen LogP contribution in [-0.2, 0) is 20.8 Å². The van der Waals surface area contributed by atoms with Crippen LogP contribution in [0.25, 0.3) is 0 Å². The lowest BCUT2D eigenvalue weighted by Crippen LogP contribution is -2.57. The molecule has 0 bridgehead atoms. The second kappa shape index (κ2) is 14.6.